The average Bonchev–Trinajstić information content (AvgIpc) is 2.65. The number of fused-ring (bicyclic) bond motifs is 1. The van der Waals surface area contributed by atoms with Crippen LogP contribution in [-0.2, 0) is 15.0 Å². The molecule has 2 aromatic rings. The molecule has 0 fully saturated rings. The standard InChI is InChI=1S/C9H9N3O5S/c1-17-9(13)11-8-10-6-4-2-3-5-7(6)12(8)18(14,15)16/h2-5H,1H3,(H2,10,11,13,14,15,16). The maximum Gasteiger partial charge on any atom is 0.476 e. The predicted molar refractivity (Wildman–Crippen MR) is 59.6 cm³/mol. The molecule has 0 aliphatic carbocycles. The molecule has 18 heavy (non-hydrogen) atoms. The van der Waals surface area contributed by atoms with E-state index in [-0.39, 0.29) is 11.5 Å². The maximum absolute atomic E-state index is 11.2. The van der Waals surface area contributed by atoms with Crippen molar-refractivity contribution in [2.75, 3.05) is 12.4 Å². The minimum atomic E-state index is -4.81. The molecule has 0 radical (unpaired) electrons. The highest BCUT2D eigenvalue weighted by molar-refractivity contribution is 7.79. The van der Waals surface area contributed by atoms with Crippen molar-refractivity contribution in [2.45, 2.75) is 0 Å². The molecule has 2 N–H and O–H groups in total. The van der Waals surface area contributed by atoms with Gasteiger partial charge in [-0.3, -0.25) is 0 Å². The molecule has 0 bridgehead atoms. The monoisotopic (exact) mass is 271 g/mol. The topological polar surface area (TPSA) is 115 Å². The SMILES string of the molecule is COC(=O)Nc1[nH]c2ccccc2[n+]1S(=O)(=O)[O-]. The Kier molecular flexibility index (Phi) is 2.93. The van der Waals surface area contributed by atoms with E-state index in [9.17, 15) is 17.8 Å². The number of amides is 1. The zero-order chi connectivity index (χ0) is 13.3. The lowest BCUT2D eigenvalue weighted by atomic mass is 10.3. The van der Waals surface area contributed by atoms with Gasteiger partial charge in [0, 0.05) is 0 Å². The van der Waals surface area contributed by atoms with Gasteiger partial charge in [0.15, 0.2) is 5.52 Å². The zero-order valence-electron chi connectivity index (χ0n) is 9.21. The molecule has 1 amide bonds. The van der Waals surface area contributed by atoms with Gasteiger partial charge in [0.25, 0.3) is 0 Å². The molecule has 0 atom stereocenters. The van der Waals surface area contributed by atoms with Crippen LogP contribution in [-0.4, -0.2) is 31.2 Å². The largest absolute Gasteiger partial charge is 0.719 e. The van der Waals surface area contributed by atoms with E-state index in [1.165, 1.54) is 6.07 Å². The Hall–Kier alpha value is -2.13. The van der Waals surface area contributed by atoms with E-state index in [4.69, 9.17) is 0 Å². The number of hydrogen-bond acceptors (Lipinski definition) is 5. The first-order chi connectivity index (χ1) is 8.43. The first-order valence-corrected chi connectivity index (χ1v) is 6.14. The second-order valence-electron chi connectivity index (χ2n) is 3.33. The van der Waals surface area contributed by atoms with Crippen molar-refractivity contribution >= 4 is 33.4 Å². The molecule has 0 aliphatic heterocycles. The third-order valence-electron chi connectivity index (χ3n) is 2.21. The van der Waals surface area contributed by atoms with Gasteiger partial charge in [-0.05, 0) is 12.1 Å². The van der Waals surface area contributed by atoms with Crippen LogP contribution in [0, 0.1) is 0 Å². The van der Waals surface area contributed by atoms with Gasteiger partial charge in [-0.1, -0.05) is 12.1 Å². The molecule has 8 nitrogen and oxygen atoms in total. The van der Waals surface area contributed by atoms with Crippen molar-refractivity contribution in [3.05, 3.63) is 24.3 Å². The quantitative estimate of drug-likeness (QED) is 0.586. The summed E-state index contributed by atoms with van der Waals surface area (Å²) in [5, 5.41) is 2.12. The van der Waals surface area contributed by atoms with E-state index in [2.05, 4.69) is 15.0 Å². The third-order valence-corrected chi connectivity index (χ3v) is 3.03. The molecule has 2 rings (SSSR count). The van der Waals surface area contributed by atoms with E-state index >= 15 is 0 Å². The number of nitrogens with one attached hydrogen (secondary N) is 2. The second kappa shape index (κ2) is 4.27. The molecule has 1 aromatic carbocycles. The van der Waals surface area contributed by atoms with E-state index in [1.807, 2.05) is 0 Å². The number of carbonyl (C=O) groups is 1. The summed E-state index contributed by atoms with van der Waals surface area (Å²) in [6, 6.07) is 6.23. The average molecular weight is 271 g/mol. The summed E-state index contributed by atoms with van der Waals surface area (Å²) in [5.41, 5.74) is 0.530. The van der Waals surface area contributed by atoms with Crippen molar-refractivity contribution < 1.29 is 26.5 Å². The van der Waals surface area contributed by atoms with Crippen LogP contribution < -0.4 is 9.29 Å². The van der Waals surface area contributed by atoms with Crippen molar-refractivity contribution in [1.82, 2.24) is 4.98 Å². The molecule has 0 unspecified atom stereocenters. The van der Waals surface area contributed by atoms with Crippen LogP contribution in [0.3, 0.4) is 0 Å². The van der Waals surface area contributed by atoms with Crippen LogP contribution in [0.1, 0.15) is 0 Å². The molecule has 1 aromatic heterocycles. The van der Waals surface area contributed by atoms with Crippen LogP contribution in [0.25, 0.3) is 11.0 Å². The molecule has 1 heterocycles. The lowest BCUT2D eigenvalue weighted by Crippen LogP contribution is -2.44. The molecular formula is C9H9N3O5S. The van der Waals surface area contributed by atoms with Crippen molar-refractivity contribution in [3.8, 4) is 0 Å². The fourth-order valence-corrected chi connectivity index (χ4v) is 2.23. The van der Waals surface area contributed by atoms with E-state index in [0.29, 0.717) is 9.49 Å². The van der Waals surface area contributed by atoms with Crippen LogP contribution >= 0.6 is 0 Å². The van der Waals surface area contributed by atoms with Crippen molar-refractivity contribution in [1.29, 1.82) is 0 Å². The molecule has 0 aliphatic rings. The number of H-pyrrole nitrogens is 1. The van der Waals surface area contributed by atoms with Gasteiger partial charge >= 0.3 is 12.0 Å². The Balaban J connectivity index is 2.69. The number of aromatic nitrogens is 2. The van der Waals surface area contributed by atoms with Gasteiger partial charge in [0.2, 0.25) is 10.3 Å². The summed E-state index contributed by atoms with van der Waals surface area (Å²) < 4.78 is 38.4. The Labute approximate surface area is 102 Å². The van der Waals surface area contributed by atoms with Gasteiger partial charge in [-0.25, -0.2) is 18.2 Å². The predicted octanol–water partition coefficient (Wildman–Crippen LogP) is -0.0580. The molecular weight excluding hydrogens is 262 g/mol. The number of anilines is 1. The first-order valence-electron chi connectivity index (χ1n) is 4.77. The van der Waals surface area contributed by atoms with Crippen molar-refractivity contribution in [2.24, 2.45) is 0 Å². The second-order valence-corrected chi connectivity index (χ2v) is 4.55. The number of rotatable bonds is 2. The van der Waals surface area contributed by atoms with Crippen molar-refractivity contribution in [3.63, 3.8) is 0 Å². The molecule has 0 spiro atoms. The summed E-state index contributed by atoms with van der Waals surface area (Å²) in [4.78, 5) is 13.7. The maximum atomic E-state index is 11.2. The van der Waals surface area contributed by atoms with Crippen LogP contribution in [0.15, 0.2) is 24.3 Å². The molecule has 0 saturated carbocycles. The van der Waals surface area contributed by atoms with Gasteiger partial charge in [-0.2, -0.15) is 5.32 Å². The van der Waals surface area contributed by atoms with Crippen LogP contribution in [0.5, 0.6) is 0 Å². The summed E-state index contributed by atoms with van der Waals surface area (Å²) >= 11 is 0. The van der Waals surface area contributed by atoms with Gasteiger partial charge in [-0.15, -0.1) is 3.97 Å². The summed E-state index contributed by atoms with van der Waals surface area (Å²) in [5.74, 6) is -0.280. The molecule has 0 saturated heterocycles. The highest BCUT2D eigenvalue weighted by atomic mass is 32.2. The molecule has 96 valence electrons. The lowest BCUT2D eigenvalue weighted by molar-refractivity contribution is -0.473. The van der Waals surface area contributed by atoms with Crippen LogP contribution in [0.4, 0.5) is 10.7 Å². The number of carbonyl (C=O) groups excluding carboxylic acids is 1. The highest BCUT2D eigenvalue weighted by Gasteiger charge is 2.24. The smallest absolute Gasteiger partial charge is 0.476 e. The number of para-hydroxylation sites is 2. The molecule has 9 heteroatoms. The Morgan fingerprint density at radius 3 is 2.72 bits per heavy atom. The van der Waals surface area contributed by atoms with E-state index in [1.54, 1.807) is 18.2 Å². The number of aromatic amines is 1. The number of nitrogens with zero attached hydrogens (tertiary/aromatic N) is 1. The van der Waals surface area contributed by atoms with Gasteiger partial charge < -0.3 is 9.29 Å². The fraction of sp³-hybridized carbons (Fsp3) is 0.111. The van der Waals surface area contributed by atoms with Crippen LogP contribution in [0.2, 0.25) is 0 Å². The number of benzene rings is 1. The summed E-state index contributed by atoms with van der Waals surface area (Å²) in [6.45, 7) is 0. The third kappa shape index (κ3) is 2.13. The Morgan fingerprint density at radius 2 is 2.11 bits per heavy atom. The summed E-state index contributed by atoms with van der Waals surface area (Å²) in [7, 11) is -3.69. The Morgan fingerprint density at radius 1 is 1.44 bits per heavy atom. The van der Waals surface area contributed by atoms with E-state index < -0.39 is 16.4 Å². The highest BCUT2D eigenvalue weighted by Crippen LogP contribution is 2.12. The summed E-state index contributed by atoms with van der Waals surface area (Å²) in [6.07, 6.45) is -0.890. The minimum absolute atomic E-state index is 0.138. The Bertz CT molecular complexity index is 706. The van der Waals surface area contributed by atoms with Gasteiger partial charge in [0.05, 0.1) is 7.11 Å². The minimum Gasteiger partial charge on any atom is -0.719 e. The number of hydrogen-bond donors (Lipinski definition) is 2. The number of imidazole rings is 1. The first kappa shape index (κ1) is 12.3. The van der Waals surface area contributed by atoms with E-state index in [0.717, 1.165) is 7.11 Å². The number of methoxy groups -OCH3 is 1. The lowest BCUT2D eigenvalue weighted by Gasteiger charge is -2.06. The van der Waals surface area contributed by atoms with Gasteiger partial charge in [0.1, 0.15) is 5.52 Å². The number of ether oxygens (including phenoxy) is 1. The fourth-order valence-electron chi connectivity index (χ4n) is 1.52. The zero-order valence-corrected chi connectivity index (χ0v) is 10.0. The normalized spacial score (nSPS) is 11.4.